The molecule has 3 rings (SSSR count). The molecule has 0 aliphatic heterocycles. The Morgan fingerprint density at radius 2 is 1.93 bits per heavy atom. The van der Waals surface area contributed by atoms with Crippen LogP contribution in [0.2, 0.25) is 0 Å². The fraction of sp³-hybridized carbons (Fsp3) is 0.400. The quantitative estimate of drug-likeness (QED) is 0.603. The molecule has 2 unspecified atom stereocenters. The van der Waals surface area contributed by atoms with Gasteiger partial charge in [0.2, 0.25) is 0 Å². The van der Waals surface area contributed by atoms with Crippen molar-refractivity contribution in [3.63, 3.8) is 0 Å². The molecule has 1 aromatic carbocycles. The molecule has 0 spiro atoms. The van der Waals surface area contributed by atoms with E-state index in [0.717, 1.165) is 6.07 Å². The van der Waals surface area contributed by atoms with Crippen molar-refractivity contribution in [3.05, 3.63) is 71.6 Å². The summed E-state index contributed by atoms with van der Waals surface area (Å²) >= 11 is 0. The number of nitrogens with zero attached hydrogens (tertiary/aromatic N) is 5. The van der Waals surface area contributed by atoms with E-state index < -0.39 is 28.8 Å². The van der Waals surface area contributed by atoms with E-state index in [-0.39, 0.29) is 17.9 Å². The van der Waals surface area contributed by atoms with Gasteiger partial charge in [-0.15, -0.1) is 0 Å². The van der Waals surface area contributed by atoms with E-state index in [1.165, 1.54) is 31.1 Å². The smallest absolute Gasteiger partial charge is 0.166 e. The van der Waals surface area contributed by atoms with E-state index in [1.807, 2.05) is 6.92 Å². The van der Waals surface area contributed by atoms with Crippen LogP contribution in [0.5, 0.6) is 0 Å². The Labute approximate surface area is 161 Å². The van der Waals surface area contributed by atoms with Crippen LogP contribution in [0.1, 0.15) is 49.6 Å². The Morgan fingerprint density at radius 3 is 2.57 bits per heavy atom. The molecule has 0 aliphatic rings. The second-order valence-electron chi connectivity index (χ2n) is 7.00. The molecule has 8 heteroatoms. The van der Waals surface area contributed by atoms with Crippen molar-refractivity contribution >= 4 is 0 Å². The first-order valence-electron chi connectivity index (χ1n) is 9.14. The average molecular weight is 389 g/mol. The van der Waals surface area contributed by atoms with Crippen molar-refractivity contribution < 1.29 is 13.2 Å². The molecule has 148 valence electrons. The molecule has 0 saturated heterocycles. The van der Waals surface area contributed by atoms with Crippen molar-refractivity contribution in [2.75, 3.05) is 0 Å². The van der Waals surface area contributed by atoms with Gasteiger partial charge in [-0.2, -0.15) is 5.10 Å². The lowest BCUT2D eigenvalue weighted by molar-refractivity contribution is 0.253. The second kappa shape index (κ2) is 8.08. The lowest BCUT2D eigenvalue weighted by Crippen LogP contribution is -2.39. The van der Waals surface area contributed by atoms with Gasteiger partial charge in [0.25, 0.3) is 0 Å². The first-order valence-corrected chi connectivity index (χ1v) is 9.14. The van der Waals surface area contributed by atoms with Crippen molar-refractivity contribution in [2.45, 2.75) is 51.5 Å². The minimum absolute atomic E-state index is 0.199. The van der Waals surface area contributed by atoms with Gasteiger partial charge in [-0.3, -0.25) is 4.68 Å². The maximum absolute atomic E-state index is 14.9. The predicted octanol–water partition coefficient (Wildman–Crippen LogP) is 4.34. The molecule has 0 radical (unpaired) electrons. The monoisotopic (exact) mass is 389 g/mol. The average Bonchev–Trinajstić information content (AvgIpc) is 3.16. The maximum Gasteiger partial charge on any atom is 0.166 e. The highest BCUT2D eigenvalue weighted by atomic mass is 19.1. The van der Waals surface area contributed by atoms with Crippen LogP contribution in [0.4, 0.5) is 13.2 Å². The van der Waals surface area contributed by atoms with Crippen LogP contribution in [0.25, 0.3) is 0 Å². The zero-order chi connectivity index (χ0) is 20.3. The standard InChI is InChI=1S/C20H22F3N5/c1-4-7-20(9-28-12-24-10-27-28,16-6-5-15(21)8-17(16)22)13(2)19-18(23)14(3)25-11-26-19/h5-6,8,10-13H,4,7,9H2,1-3H3. The number of aromatic nitrogens is 5. The SMILES string of the molecule is CCCC(Cn1cncn1)(c1ccc(F)cc1F)C(C)c1ncnc(C)c1F. The molecular formula is C20H22F3N5. The highest BCUT2D eigenvalue weighted by Gasteiger charge is 2.42. The Hall–Kier alpha value is -2.77. The highest BCUT2D eigenvalue weighted by molar-refractivity contribution is 5.33. The van der Waals surface area contributed by atoms with Crippen molar-refractivity contribution in [2.24, 2.45) is 0 Å². The highest BCUT2D eigenvalue weighted by Crippen LogP contribution is 2.45. The van der Waals surface area contributed by atoms with Crippen LogP contribution in [-0.2, 0) is 12.0 Å². The number of halogens is 3. The lowest BCUT2D eigenvalue weighted by atomic mass is 9.66. The first kappa shape index (κ1) is 20.0. The van der Waals surface area contributed by atoms with E-state index in [2.05, 4.69) is 20.1 Å². The van der Waals surface area contributed by atoms with Crippen LogP contribution in [0.3, 0.4) is 0 Å². The molecule has 2 atom stereocenters. The third-order valence-electron chi connectivity index (χ3n) is 5.30. The summed E-state index contributed by atoms with van der Waals surface area (Å²) in [4.78, 5) is 12.0. The molecule has 2 aromatic heterocycles. The summed E-state index contributed by atoms with van der Waals surface area (Å²) in [6.07, 6.45) is 5.43. The molecule has 5 nitrogen and oxygen atoms in total. The van der Waals surface area contributed by atoms with Gasteiger partial charge in [0.1, 0.15) is 30.6 Å². The fourth-order valence-corrected chi connectivity index (χ4v) is 3.87. The van der Waals surface area contributed by atoms with Gasteiger partial charge in [0.05, 0.1) is 17.9 Å². The number of hydrogen-bond acceptors (Lipinski definition) is 4. The van der Waals surface area contributed by atoms with Crippen LogP contribution < -0.4 is 0 Å². The van der Waals surface area contributed by atoms with Gasteiger partial charge in [-0.1, -0.05) is 26.3 Å². The van der Waals surface area contributed by atoms with Crippen molar-refractivity contribution in [3.8, 4) is 0 Å². The van der Waals surface area contributed by atoms with E-state index in [0.29, 0.717) is 18.4 Å². The van der Waals surface area contributed by atoms with Crippen molar-refractivity contribution in [1.82, 2.24) is 24.7 Å². The summed E-state index contributed by atoms with van der Waals surface area (Å²) in [5, 5.41) is 4.15. The minimum atomic E-state index is -0.915. The van der Waals surface area contributed by atoms with Crippen LogP contribution >= 0.6 is 0 Å². The summed E-state index contributed by atoms with van der Waals surface area (Å²) in [5.41, 5.74) is -0.191. The number of rotatable bonds is 7. The maximum atomic E-state index is 14.9. The third-order valence-corrected chi connectivity index (χ3v) is 5.30. The summed E-state index contributed by atoms with van der Waals surface area (Å²) in [7, 11) is 0. The van der Waals surface area contributed by atoms with Gasteiger partial charge in [0.15, 0.2) is 5.82 Å². The minimum Gasteiger partial charge on any atom is -0.252 e. The van der Waals surface area contributed by atoms with Gasteiger partial charge in [-0.25, -0.2) is 28.1 Å². The Kier molecular flexibility index (Phi) is 5.76. The normalized spacial score (nSPS) is 14.6. The molecule has 3 aromatic rings. The molecule has 0 fully saturated rings. The van der Waals surface area contributed by atoms with Gasteiger partial charge >= 0.3 is 0 Å². The molecule has 28 heavy (non-hydrogen) atoms. The van der Waals surface area contributed by atoms with Crippen LogP contribution in [0.15, 0.2) is 37.2 Å². The topological polar surface area (TPSA) is 56.5 Å². The summed E-state index contributed by atoms with van der Waals surface area (Å²) in [5.74, 6) is -2.38. The molecule has 0 aliphatic carbocycles. The van der Waals surface area contributed by atoms with E-state index in [1.54, 1.807) is 18.5 Å². The summed E-state index contributed by atoms with van der Waals surface area (Å²) < 4.78 is 45.0. The fourth-order valence-electron chi connectivity index (χ4n) is 3.87. The first-order chi connectivity index (χ1) is 13.4. The van der Waals surface area contributed by atoms with E-state index >= 15 is 0 Å². The largest absolute Gasteiger partial charge is 0.252 e. The molecule has 0 amide bonds. The van der Waals surface area contributed by atoms with Gasteiger partial charge in [0, 0.05) is 17.4 Å². The zero-order valence-corrected chi connectivity index (χ0v) is 16.0. The Morgan fingerprint density at radius 1 is 1.14 bits per heavy atom. The number of benzene rings is 1. The second-order valence-corrected chi connectivity index (χ2v) is 7.00. The Bertz CT molecular complexity index is 945. The lowest BCUT2D eigenvalue weighted by Gasteiger charge is -2.39. The predicted molar refractivity (Wildman–Crippen MR) is 98.1 cm³/mol. The number of hydrogen-bond donors (Lipinski definition) is 0. The van der Waals surface area contributed by atoms with Crippen molar-refractivity contribution in [1.29, 1.82) is 0 Å². The van der Waals surface area contributed by atoms with Gasteiger partial charge in [-0.05, 0) is 25.0 Å². The molecule has 0 N–H and O–H groups in total. The molecule has 2 heterocycles. The van der Waals surface area contributed by atoms with Crippen LogP contribution in [-0.4, -0.2) is 24.7 Å². The summed E-state index contributed by atoms with van der Waals surface area (Å²) in [6.45, 7) is 5.57. The van der Waals surface area contributed by atoms with E-state index in [9.17, 15) is 13.2 Å². The van der Waals surface area contributed by atoms with Crippen LogP contribution in [0, 0.1) is 24.4 Å². The molecule has 0 saturated carbocycles. The molecular weight excluding hydrogens is 367 g/mol. The zero-order valence-electron chi connectivity index (χ0n) is 16.0. The Balaban J connectivity index is 2.23. The number of aryl methyl sites for hydroxylation is 1. The third kappa shape index (κ3) is 3.63. The summed E-state index contributed by atoms with van der Waals surface area (Å²) in [6, 6.07) is 3.51. The van der Waals surface area contributed by atoms with Gasteiger partial charge < -0.3 is 0 Å². The van der Waals surface area contributed by atoms with E-state index in [4.69, 9.17) is 0 Å². The molecule has 0 bridgehead atoms.